The van der Waals surface area contributed by atoms with E-state index in [0.29, 0.717) is 5.75 Å². The van der Waals surface area contributed by atoms with E-state index >= 15 is 0 Å². The minimum Gasteiger partial charge on any atom is -0.457 e. The van der Waals surface area contributed by atoms with Gasteiger partial charge in [0, 0.05) is 18.1 Å². The Morgan fingerprint density at radius 1 is 1.00 bits per heavy atom. The Bertz CT molecular complexity index is 645. The number of carbonyl (C=O) groups is 1. The van der Waals surface area contributed by atoms with Crippen molar-refractivity contribution >= 4 is 36.4 Å². The molecule has 0 bridgehead atoms. The predicted octanol–water partition coefficient (Wildman–Crippen LogP) is 3.93. The fourth-order valence-corrected chi connectivity index (χ4v) is 2.64. The number of hydrogen-bond donors (Lipinski definition) is 2. The highest BCUT2D eigenvalue weighted by Gasteiger charge is 2.36. The lowest BCUT2D eigenvalue weighted by Crippen LogP contribution is -2.48. The number of nitrogens with one attached hydrogen (secondary N) is 1. The van der Waals surface area contributed by atoms with Crippen LogP contribution in [0.5, 0.6) is 11.5 Å². The maximum Gasteiger partial charge on any atom is 0.244 e. The van der Waals surface area contributed by atoms with Crippen molar-refractivity contribution in [2.24, 2.45) is 5.73 Å². The highest BCUT2D eigenvalue weighted by Crippen LogP contribution is 2.29. The van der Waals surface area contributed by atoms with Gasteiger partial charge in [-0.25, -0.2) is 0 Å². The number of hydrogen-bond acceptors (Lipinski definition) is 4. The minimum absolute atomic E-state index is 0. The Morgan fingerprint density at radius 3 is 2.12 bits per heavy atom. The summed E-state index contributed by atoms with van der Waals surface area (Å²) in [5.74, 6) is 1.32. The van der Waals surface area contributed by atoms with Crippen LogP contribution in [0, 0.1) is 0 Å². The summed E-state index contributed by atoms with van der Waals surface area (Å²) >= 11 is 0. The lowest BCUT2D eigenvalue weighted by molar-refractivity contribution is -0.121. The van der Waals surface area contributed by atoms with Crippen LogP contribution < -0.4 is 15.8 Å². The summed E-state index contributed by atoms with van der Waals surface area (Å²) in [6.07, 6.45) is 6.88. The van der Waals surface area contributed by atoms with Gasteiger partial charge >= 0.3 is 0 Å². The zero-order chi connectivity index (χ0) is 15.4. The number of benzene rings is 1. The molecule has 0 atom stereocenters. The van der Waals surface area contributed by atoms with E-state index in [2.05, 4.69) is 10.3 Å². The third-order valence-corrected chi connectivity index (χ3v) is 3.95. The number of amides is 1. The van der Waals surface area contributed by atoms with Gasteiger partial charge < -0.3 is 15.8 Å². The van der Waals surface area contributed by atoms with Crippen molar-refractivity contribution in [2.75, 3.05) is 5.32 Å². The molecular formula is C17H21Cl2N3O2. The molecule has 3 rings (SSSR count). The van der Waals surface area contributed by atoms with Gasteiger partial charge in [-0.3, -0.25) is 9.78 Å². The Balaban J connectivity index is 0.00000144. The summed E-state index contributed by atoms with van der Waals surface area (Å²) in [6.45, 7) is 0. The number of nitrogens with two attached hydrogens (primary N) is 1. The number of pyridine rings is 1. The lowest BCUT2D eigenvalue weighted by atomic mass is 9.98. The van der Waals surface area contributed by atoms with E-state index in [-0.39, 0.29) is 30.7 Å². The smallest absolute Gasteiger partial charge is 0.244 e. The quantitative estimate of drug-likeness (QED) is 0.855. The molecule has 5 nitrogen and oxygen atoms in total. The predicted molar refractivity (Wildman–Crippen MR) is 99.3 cm³/mol. The van der Waals surface area contributed by atoms with Gasteiger partial charge in [-0.1, -0.05) is 12.8 Å². The maximum atomic E-state index is 12.2. The van der Waals surface area contributed by atoms with Crippen LogP contribution in [0.4, 0.5) is 5.69 Å². The Hall–Kier alpha value is -1.82. The number of halogens is 2. The molecule has 0 spiro atoms. The molecule has 130 valence electrons. The number of nitrogens with zero attached hydrogens (tertiary/aromatic N) is 1. The number of rotatable bonds is 4. The third kappa shape index (κ3) is 4.84. The molecule has 1 aliphatic rings. The molecule has 1 aromatic carbocycles. The summed E-state index contributed by atoms with van der Waals surface area (Å²) in [5, 5.41) is 2.89. The van der Waals surface area contributed by atoms with Crippen LogP contribution >= 0.6 is 24.8 Å². The van der Waals surface area contributed by atoms with Gasteiger partial charge in [0.25, 0.3) is 0 Å². The maximum absolute atomic E-state index is 12.2. The van der Waals surface area contributed by atoms with Crippen molar-refractivity contribution in [3.05, 3.63) is 48.8 Å². The van der Waals surface area contributed by atoms with E-state index in [0.717, 1.165) is 37.1 Å². The molecule has 7 heteroatoms. The number of carbonyl (C=O) groups excluding carboxylic acids is 1. The van der Waals surface area contributed by atoms with Crippen LogP contribution in [0.1, 0.15) is 25.7 Å². The van der Waals surface area contributed by atoms with Crippen LogP contribution in [0.3, 0.4) is 0 Å². The second kappa shape index (κ2) is 8.87. The standard InChI is InChI=1S/C17H19N3O2.2ClH/c18-17(9-1-2-10-17)16(21)20-13-3-5-14(6-4-13)22-15-7-11-19-12-8-15;;/h3-8,11-12H,1-2,9-10,18H2,(H,20,21);2*1H. The lowest BCUT2D eigenvalue weighted by Gasteiger charge is -2.22. The topological polar surface area (TPSA) is 77.2 Å². The first-order chi connectivity index (χ1) is 10.7. The van der Waals surface area contributed by atoms with Gasteiger partial charge in [0.2, 0.25) is 5.91 Å². The van der Waals surface area contributed by atoms with Gasteiger partial charge in [-0.2, -0.15) is 0 Å². The van der Waals surface area contributed by atoms with Crippen molar-refractivity contribution in [1.29, 1.82) is 0 Å². The highest BCUT2D eigenvalue weighted by molar-refractivity contribution is 5.98. The summed E-state index contributed by atoms with van der Waals surface area (Å²) in [5.41, 5.74) is 6.15. The van der Waals surface area contributed by atoms with Crippen molar-refractivity contribution < 1.29 is 9.53 Å². The summed E-state index contributed by atoms with van der Waals surface area (Å²) < 4.78 is 5.68. The Morgan fingerprint density at radius 2 is 1.54 bits per heavy atom. The first-order valence-electron chi connectivity index (χ1n) is 7.44. The Labute approximate surface area is 153 Å². The van der Waals surface area contributed by atoms with Gasteiger partial charge in [0.1, 0.15) is 11.5 Å². The van der Waals surface area contributed by atoms with Crippen LogP contribution in [-0.4, -0.2) is 16.4 Å². The van der Waals surface area contributed by atoms with E-state index in [1.807, 2.05) is 24.3 Å². The van der Waals surface area contributed by atoms with Crippen LogP contribution in [0.15, 0.2) is 48.8 Å². The SMILES string of the molecule is Cl.Cl.NC1(C(=O)Nc2ccc(Oc3ccncc3)cc2)CCCC1. The van der Waals surface area contributed by atoms with E-state index in [1.165, 1.54) is 0 Å². The first kappa shape index (κ1) is 20.2. The number of anilines is 1. The zero-order valence-corrected chi connectivity index (χ0v) is 14.7. The summed E-state index contributed by atoms with van der Waals surface area (Å²) in [7, 11) is 0. The average molecular weight is 370 g/mol. The third-order valence-electron chi connectivity index (χ3n) is 3.95. The van der Waals surface area contributed by atoms with Crippen LogP contribution in [-0.2, 0) is 4.79 Å². The first-order valence-corrected chi connectivity index (χ1v) is 7.44. The normalized spacial score (nSPS) is 14.9. The van der Waals surface area contributed by atoms with Gasteiger partial charge in [0.15, 0.2) is 0 Å². The van der Waals surface area contributed by atoms with E-state index < -0.39 is 5.54 Å². The van der Waals surface area contributed by atoms with Gasteiger partial charge in [-0.15, -0.1) is 24.8 Å². The molecule has 1 fully saturated rings. The van der Waals surface area contributed by atoms with Crippen molar-refractivity contribution in [3.63, 3.8) is 0 Å². The molecule has 2 aromatic rings. The summed E-state index contributed by atoms with van der Waals surface area (Å²) in [6, 6.07) is 10.8. The monoisotopic (exact) mass is 369 g/mol. The van der Waals surface area contributed by atoms with Crippen molar-refractivity contribution in [2.45, 2.75) is 31.2 Å². The molecule has 1 aromatic heterocycles. The van der Waals surface area contributed by atoms with Gasteiger partial charge in [-0.05, 0) is 49.2 Å². The highest BCUT2D eigenvalue weighted by atomic mass is 35.5. The van der Waals surface area contributed by atoms with E-state index in [9.17, 15) is 4.79 Å². The molecule has 1 amide bonds. The Kier molecular flexibility index (Phi) is 7.48. The van der Waals surface area contributed by atoms with Crippen molar-refractivity contribution in [1.82, 2.24) is 4.98 Å². The second-order valence-corrected chi connectivity index (χ2v) is 5.63. The largest absolute Gasteiger partial charge is 0.457 e. The minimum atomic E-state index is -0.716. The number of ether oxygens (including phenoxy) is 1. The van der Waals surface area contributed by atoms with E-state index in [1.54, 1.807) is 24.5 Å². The van der Waals surface area contributed by atoms with Gasteiger partial charge in [0.05, 0.1) is 5.54 Å². The molecule has 0 radical (unpaired) electrons. The van der Waals surface area contributed by atoms with Crippen LogP contribution in [0.2, 0.25) is 0 Å². The second-order valence-electron chi connectivity index (χ2n) is 5.63. The van der Waals surface area contributed by atoms with Crippen molar-refractivity contribution in [3.8, 4) is 11.5 Å². The molecule has 0 unspecified atom stereocenters. The molecular weight excluding hydrogens is 349 g/mol. The molecule has 1 heterocycles. The summed E-state index contributed by atoms with van der Waals surface area (Å²) in [4.78, 5) is 16.2. The molecule has 0 aliphatic heterocycles. The zero-order valence-electron chi connectivity index (χ0n) is 13.1. The molecule has 3 N–H and O–H groups in total. The average Bonchev–Trinajstić information content (AvgIpc) is 2.98. The number of aromatic nitrogens is 1. The molecule has 24 heavy (non-hydrogen) atoms. The fourth-order valence-electron chi connectivity index (χ4n) is 2.64. The molecule has 1 aliphatic carbocycles. The van der Waals surface area contributed by atoms with E-state index in [4.69, 9.17) is 10.5 Å². The fraction of sp³-hybridized carbons (Fsp3) is 0.294. The molecule has 0 saturated heterocycles. The molecule has 1 saturated carbocycles. The van der Waals surface area contributed by atoms with Crippen LogP contribution in [0.25, 0.3) is 0 Å².